The molecule has 1 aromatic carbocycles. The molecule has 0 saturated heterocycles. The number of fused-ring (bicyclic) bond motifs is 1. The van der Waals surface area contributed by atoms with E-state index in [9.17, 15) is 9.18 Å². The van der Waals surface area contributed by atoms with E-state index in [0.717, 1.165) is 0 Å². The number of carbonyl (C=O) groups is 1. The van der Waals surface area contributed by atoms with Gasteiger partial charge in [-0.05, 0) is 19.1 Å². The molecule has 2 heterocycles. The summed E-state index contributed by atoms with van der Waals surface area (Å²) >= 11 is 6.02. The number of halogens is 2. The van der Waals surface area contributed by atoms with Crippen LogP contribution in [-0.4, -0.2) is 27.5 Å². The summed E-state index contributed by atoms with van der Waals surface area (Å²) in [5.74, 6) is -0.392. The number of hydrogen-bond acceptors (Lipinski definition) is 4. The smallest absolute Gasteiger partial charge is 0.313 e. The minimum Gasteiger partial charge on any atom is -0.466 e. The molecule has 0 saturated carbocycles. The number of esters is 1. The molecule has 0 aliphatic heterocycles. The number of rotatable bonds is 4. The van der Waals surface area contributed by atoms with Crippen LogP contribution in [0, 0.1) is 5.82 Å². The molecule has 0 aliphatic carbocycles. The monoisotopic (exact) mass is 333 g/mol. The lowest BCUT2D eigenvalue weighted by atomic mass is 10.1. The number of ether oxygens (including phenoxy) is 1. The van der Waals surface area contributed by atoms with Gasteiger partial charge in [-0.15, -0.1) is 0 Å². The van der Waals surface area contributed by atoms with E-state index >= 15 is 0 Å². The molecule has 0 spiro atoms. The van der Waals surface area contributed by atoms with E-state index in [0.29, 0.717) is 34.7 Å². The van der Waals surface area contributed by atoms with Crippen molar-refractivity contribution in [3.63, 3.8) is 0 Å². The van der Waals surface area contributed by atoms with E-state index in [4.69, 9.17) is 16.3 Å². The van der Waals surface area contributed by atoms with Crippen molar-refractivity contribution in [2.75, 3.05) is 6.61 Å². The lowest BCUT2D eigenvalue weighted by Gasteiger charge is -2.03. The van der Waals surface area contributed by atoms with Gasteiger partial charge in [0.1, 0.15) is 34.4 Å². The van der Waals surface area contributed by atoms with Crippen LogP contribution in [0.1, 0.15) is 12.7 Å². The summed E-state index contributed by atoms with van der Waals surface area (Å²) in [6.45, 7) is 2.03. The van der Waals surface area contributed by atoms with Crippen molar-refractivity contribution in [1.29, 1.82) is 0 Å². The molecule has 1 N–H and O–H groups in total. The van der Waals surface area contributed by atoms with Gasteiger partial charge in [0.25, 0.3) is 0 Å². The number of imidazole rings is 1. The standard InChI is InChI=1S/C16H13ClFN3O2/c1-2-23-14(22)8-13-19-11-7-12(17)20-15(16(11)21-13)9-5-3-4-6-10(9)18/h3-7H,2,8H2,1H3,(H,19,21). The number of H-pyrrole nitrogens is 1. The van der Waals surface area contributed by atoms with E-state index in [-0.39, 0.29) is 11.6 Å². The lowest BCUT2D eigenvalue weighted by molar-refractivity contribution is -0.142. The minimum absolute atomic E-state index is 0.00312. The summed E-state index contributed by atoms with van der Waals surface area (Å²) in [5, 5.41) is 0.210. The van der Waals surface area contributed by atoms with Crippen molar-refractivity contribution in [3.05, 3.63) is 47.1 Å². The molecule has 0 fully saturated rings. The molecule has 0 aliphatic rings. The molecule has 0 amide bonds. The fourth-order valence-electron chi connectivity index (χ4n) is 2.31. The summed E-state index contributed by atoms with van der Waals surface area (Å²) in [6.07, 6.45) is -0.00312. The molecule has 7 heteroatoms. The van der Waals surface area contributed by atoms with E-state index in [1.54, 1.807) is 31.2 Å². The van der Waals surface area contributed by atoms with Crippen molar-refractivity contribution in [3.8, 4) is 11.3 Å². The zero-order valence-electron chi connectivity index (χ0n) is 12.3. The predicted octanol–water partition coefficient (Wildman–Crippen LogP) is 3.52. The molecule has 0 atom stereocenters. The minimum atomic E-state index is -0.418. The molecule has 0 bridgehead atoms. The highest BCUT2D eigenvalue weighted by Gasteiger charge is 2.16. The summed E-state index contributed by atoms with van der Waals surface area (Å²) in [4.78, 5) is 23.1. The van der Waals surface area contributed by atoms with Crippen molar-refractivity contribution in [1.82, 2.24) is 15.0 Å². The number of pyridine rings is 1. The number of nitrogens with zero attached hydrogens (tertiary/aromatic N) is 2. The largest absolute Gasteiger partial charge is 0.466 e. The van der Waals surface area contributed by atoms with Crippen LogP contribution in [0.25, 0.3) is 22.3 Å². The Morgan fingerprint density at radius 2 is 2.13 bits per heavy atom. The molecule has 23 heavy (non-hydrogen) atoms. The molecule has 5 nitrogen and oxygen atoms in total. The van der Waals surface area contributed by atoms with Crippen LogP contribution < -0.4 is 0 Å². The quantitative estimate of drug-likeness (QED) is 0.586. The van der Waals surface area contributed by atoms with E-state index in [1.165, 1.54) is 6.07 Å². The fraction of sp³-hybridized carbons (Fsp3) is 0.188. The highest BCUT2D eigenvalue weighted by Crippen LogP contribution is 2.29. The van der Waals surface area contributed by atoms with Crippen molar-refractivity contribution < 1.29 is 13.9 Å². The van der Waals surface area contributed by atoms with Crippen LogP contribution in [0.2, 0.25) is 5.15 Å². The Bertz CT molecular complexity index is 879. The summed E-state index contributed by atoms with van der Waals surface area (Å²) in [7, 11) is 0. The van der Waals surface area contributed by atoms with Crippen LogP contribution in [0.15, 0.2) is 30.3 Å². The number of aromatic amines is 1. The zero-order valence-corrected chi connectivity index (χ0v) is 13.0. The summed E-state index contributed by atoms with van der Waals surface area (Å²) < 4.78 is 19.0. The normalized spacial score (nSPS) is 10.9. The maximum absolute atomic E-state index is 14.1. The second-order valence-corrected chi connectivity index (χ2v) is 5.22. The Hall–Kier alpha value is -2.47. The number of benzene rings is 1. The summed E-state index contributed by atoms with van der Waals surface area (Å²) in [5.41, 5.74) is 1.67. The zero-order chi connectivity index (χ0) is 16.4. The van der Waals surface area contributed by atoms with Crippen LogP contribution in [0.5, 0.6) is 0 Å². The average molecular weight is 334 g/mol. The maximum atomic E-state index is 14.1. The SMILES string of the molecule is CCOC(=O)Cc1nc2c(-c3ccccc3F)nc(Cl)cc2[nH]1. The third-order valence-electron chi connectivity index (χ3n) is 3.23. The van der Waals surface area contributed by atoms with Gasteiger partial charge in [0, 0.05) is 11.6 Å². The molecule has 3 rings (SSSR count). The molecular weight excluding hydrogens is 321 g/mol. The number of nitrogens with one attached hydrogen (secondary N) is 1. The van der Waals surface area contributed by atoms with Gasteiger partial charge in [0.2, 0.25) is 0 Å². The van der Waals surface area contributed by atoms with Gasteiger partial charge in [-0.25, -0.2) is 14.4 Å². The number of aromatic nitrogens is 3. The Morgan fingerprint density at radius 1 is 1.35 bits per heavy atom. The van der Waals surface area contributed by atoms with Crippen molar-refractivity contribution in [2.24, 2.45) is 0 Å². The first-order valence-corrected chi connectivity index (χ1v) is 7.42. The maximum Gasteiger partial charge on any atom is 0.313 e. The highest BCUT2D eigenvalue weighted by atomic mass is 35.5. The van der Waals surface area contributed by atoms with Crippen molar-refractivity contribution >= 4 is 28.6 Å². The Kier molecular flexibility index (Phi) is 4.25. The van der Waals surface area contributed by atoms with Crippen LogP contribution in [0.3, 0.4) is 0 Å². The van der Waals surface area contributed by atoms with Gasteiger partial charge in [0.05, 0.1) is 12.1 Å². The molecule has 2 aromatic heterocycles. The third kappa shape index (κ3) is 3.17. The Labute approximate surface area is 136 Å². The topological polar surface area (TPSA) is 67.9 Å². The molecular formula is C16H13ClFN3O2. The third-order valence-corrected chi connectivity index (χ3v) is 3.43. The molecule has 118 valence electrons. The van der Waals surface area contributed by atoms with Gasteiger partial charge in [0.15, 0.2) is 0 Å². The summed E-state index contributed by atoms with van der Waals surface area (Å²) in [6, 6.07) is 7.84. The lowest BCUT2D eigenvalue weighted by Crippen LogP contribution is -2.08. The van der Waals surface area contributed by atoms with Crippen LogP contribution in [-0.2, 0) is 16.0 Å². The van der Waals surface area contributed by atoms with Crippen LogP contribution in [0.4, 0.5) is 4.39 Å². The molecule has 3 aromatic rings. The first-order chi connectivity index (χ1) is 11.1. The van der Waals surface area contributed by atoms with Gasteiger partial charge in [-0.2, -0.15) is 0 Å². The Balaban J connectivity index is 2.10. The first kappa shape index (κ1) is 15.4. The molecule has 0 unspecified atom stereocenters. The molecule has 0 radical (unpaired) electrons. The van der Waals surface area contributed by atoms with E-state index in [2.05, 4.69) is 15.0 Å². The number of hydrogen-bond donors (Lipinski definition) is 1. The van der Waals surface area contributed by atoms with Crippen LogP contribution >= 0.6 is 11.6 Å². The second kappa shape index (κ2) is 6.34. The Morgan fingerprint density at radius 3 is 2.87 bits per heavy atom. The van der Waals surface area contributed by atoms with Gasteiger partial charge >= 0.3 is 5.97 Å². The predicted molar refractivity (Wildman–Crippen MR) is 84.6 cm³/mol. The van der Waals surface area contributed by atoms with E-state index < -0.39 is 11.8 Å². The first-order valence-electron chi connectivity index (χ1n) is 7.04. The van der Waals surface area contributed by atoms with Gasteiger partial charge < -0.3 is 9.72 Å². The number of carbonyl (C=O) groups excluding carboxylic acids is 1. The van der Waals surface area contributed by atoms with Gasteiger partial charge in [-0.3, -0.25) is 4.79 Å². The average Bonchev–Trinajstić information content (AvgIpc) is 2.89. The second-order valence-electron chi connectivity index (χ2n) is 4.83. The van der Waals surface area contributed by atoms with Crippen molar-refractivity contribution in [2.45, 2.75) is 13.3 Å². The fourth-order valence-corrected chi connectivity index (χ4v) is 2.50. The highest BCUT2D eigenvalue weighted by molar-refractivity contribution is 6.30. The van der Waals surface area contributed by atoms with Gasteiger partial charge in [-0.1, -0.05) is 23.7 Å². The van der Waals surface area contributed by atoms with E-state index in [1.807, 2.05) is 0 Å².